The van der Waals surface area contributed by atoms with Crippen LogP contribution in [0.5, 0.6) is 0 Å². The van der Waals surface area contributed by atoms with E-state index in [1.165, 1.54) is 6.92 Å². The van der Waals surface area contributed by atoms with E-state index in [4.69, 9.17) is 18.9 Å². The first-order chi connectivity index (χ1) is 12.6. The highest BCUT2D eigenvalue weighted by atomic mass is 16.6. The van der Waals surface area contributed by atoms with Gasteiger partial charge in [0.1, 0.15) is 12.7 Å². The first kappa shape index (κ1) is 20.8. The maximum absolute atomic E-state index is 11.0. The molecule has 0 aliphatic carbocycles. The van der Waals surface area contributed by atoms with Crippen molar-refractivity contribution in [3.63, 3.8) is 0 Å². The van der Waals surface area contributed by atoms with Crippen molar-refractivity contribution in [3.8, 4) is 0 Å². The molecule has 0 aromatic heterocycles. The van der Waals surface area contributed by atoms with Gasteiger partial charge in [0, 0.05) is 19.8 Å². The van der Waals surface area contributed by atoms with Crippen LogP contribution in [0.15, 0.2) is 12.2 Å². The second kappa shape index (κ2) is 7.82. The lowest BCUT2D eigenvalue weighted by Gasteiger charge is -2.52. The maximum Gasteiger partial charge on any atom is 0.302 e. The Morgan fingerprint density at radius 2 is 1.96 bits per heavy atom. The summed E-state index contributed by atoms with van der Waals surface area (Å²) < 4.78 is 24.1. The molecule has 3 rings (SSSR count). The van der Waals surface area contributed by atoms with Gasteiger partial charge < -0.3 is 24.1 Å². The van der Waals surface area contributed by atoms with E-state index in [9.17, 15) is 9.90 Å². The van der Waals surface area contributed by atoms with Gasteiger partial charge in [-0.25, -0.2) is 0 Å². The minimum atomic E-state index is -0.579. The molecule has 3 fully saturated rings. The lowest BCUT2D eigenvalue weighted by Crippen LogP contribution is -2.62. The van der Waals surface area contributed by atoms with Gasteiger partial charge >= 0.3 is 5.97 Å². The molecule has 0 spiro atoms. The summed E-state index contributed by atoms with van der Waals surface area (Å²) in [6.07, 6.45) is 3.43. The molecule has 27 heavy (non-hydrogen) atoms. The van der Waals surface area contributed by atoms with Crippen molar-refractivity contribution in [2.45, 2.75) is 108 Å². The Bertz CT molecular complexity index is 573. The molecule has 6 heteroatoms. The van der Waals surface area contributed by atoms with Crippen LogP contribution in [0.3, 0.4) is 0 Å². The van der Waals surface area contributed by atoms with Gasteiger partial charge in [0.05, 0.1) is 35.6 Å². The highest BCUT2D eigenvalue weighted by Gasteiger charge is 2.53. The Morgan fingerprint density at radius 1 is 1.22 bits per heavy atom. The summed E-state index contributed by atoms with van der Waals surface area (Å²) in [6.45, 7) is 11.9. The quantitative estimate of drug-likeness (QED) is 0.595. The third kappa shape index (κ3) is 4.91. The molecular weight excluding hydrogens is 348 g/mol. The highest BCUT2D eigenvalue weighted by molar-refractivity contribution is 5.66. The number of hydrogen-bond donors (Lipinski definition) is 1. The van der Waals surface area contributed by atoms with Gasteiger partial charge in [0.25, 0.3) is 0 Å². The third-order valence-electron chi connectivity index (χ3n) is 6.06. The lowest BCUT2D eigenvalue weighted by molar-refractivity contribution is -0.295. The number of hydrogen-bond acceptors (Lipinski definition) is 6. The van der Waals surface area contributed by atoms with Crippen LogP contribution in [-0.4, -0.2) is 59.4 Å². The SMILES string of the molecule is C=C(COC(C)=O)C[C@@H]1C[C@H](O)[C@@H]2O[C@]3(C)CCCC(C)(C)O[C@H]3C[C@H]2O1. The molecule has 0 saturated carbocycles. The van der Waals surface area contributed by atoms with E-state index in [1.807, 2.05) is 0 Å². The van der Waals surface area contributed by atoms with Crippen LogP contribution in [0.2, 0.25) is 0 Å². The average molecular weight is 382 g/mol. The van der Waals surface area contributed by atoms with Crippen molar-refractivity contribution >= 4 is 5.97 Å². The van der Waals surface area contributed by atoms with Crippen LogP contribution in [0.25, 0.3) is 0 Å². The fourth-order valence-electron chi connectivity index (χ4n) is 4.64. The lowest BCUT2D eigenvalue weighted by atomic mass is 9.81. The monoisotopic (exact) mass is 382 g/mol. The van der Waals surface area contributed by atoms with E-state index < -0.39 is 6.10 Å². The van der Waals surface area contributed by atoms with Crippen LogP contribution in [0.1, 0.15) is 66.2 Å². The molecule has 0 radical (unpaired) electrons. The van der Waals surface area contributed by atoms with Crippen molar-refractivity contribution in [3.05, 3.63) is 12.2 Å². The van der Waals surface area contributed by atoms with Crippen LogP contribution < -0.4 is 0 Å². The smallest absolute Gasteiger partial charge is 0.302 e. The van der Waals surface area contributed by atoms with Crippen LogP contribution in [0.4, 0.5) is 0 Å². The third-order valence-corrected chi connectivity index (χ3v) is 6.06. The molecular formula is C21H34O6. The summed E-state index contributed by atoms with van der Waals surface area (Å²) in [5.41, 5.74) is 0.226. The topological polar surface area (TPSA) is 74.2 Å². The zero-order valence-electron chi connectivity index (χ0n) is 17.0. The van der Waals surface area contributed by atoms with E-state index in [-0.39, 0.29) is 48.2 Å². The summed E-state index contributed by atoms with van der Waals surface area (Å²) in [4.78, 5) is 11.0. The van der Waals surface area contributed by atoms with Gasteiger partial charge in [-0.05, 0) is 52.0 Å². The molecule has 0 aromatic rings. The fourth-order valence-corrected chi connectivity index (χ4v) is 4.64. The molecule has 0 aromatic carbocycles. The first-order valence-corrected chi connectivity index (χ1v) is 10.1. The molecule has 0 unspecified atom stereocenters. The molecule has 3 heterocycles. The summed E-state index contributed by atoms with van der Waals surface area (Å²) in [5, 5.41) is 10.7. The van der Waals surface area contributed by atoms with Crippen molar-refractivity contribution in [2.24, 2.45) is 0 Å². The van der Waals surface area contributed by atoms with Gasteiger partial charge in [-0.3, -0.25) is 4.79 Å². The molecule has 154 valence electrons. The number of aliphatic hydroxyl groups excluding tert-OH is 1. The molecule has 3 aliphatic heterocycles. The largest absolute Gasteiger partial charge is 0.461 e. The molecule has 3 saturated heterocycles. The maximum atomic E-state index is 11.0. The average Bonchev–Trinajstić information content (AvgIpc) is 2.65. The number of carbonyl (C=O) groups excluding carboxylic acids is 1. The summed E-state index contributed by atoms with van der Waals surface area (Å²) in [5.74, 6) is -0.325. The van der Waals surface area contributed by atoms with Crippen molar-refractivity contribution in [1.29, 1.82) is 0 Å². The van der Waals surface area contributed by atoms with Crippen molar-refractivity contribution < 1.29 is 28.8 Å². The van der Waals surface area contributed by atoms with Crippen molar-refractivity contribution in [2.75, 3.05) is 6.61 Å². The number of fused-ring (bicyclic) bond motifs is 2. The van der Waals surface area contributed by atoms with Gasteiger partial charge in [-0.2, -0.15) is 0 Å². The van der Waals surface area contributed by atoms with E-state index in [2.05, 4.69) is 27.4 Å². The van der Waals surface area contributed by atoms with Gasteiger partial charge in [0.2, 0.25) is 0 Å². The van der Waals surface area contributed by atoms with Crippen molar-refractivity contribution in [1.82, 2.24) is 0 Å². The minimum Gasteiger partial charge on any atom is -0.461 e. The van der Waals surface area contributed by atoms with E-state index in [0.717, 1.165) is 24.8 Å². The summed E-state index contributed by atoms with van der Waals surface area (Å²) in [6, 6.07) is 0. The Balaban J connectivity index is 1.65. The summed E-state index contributed by atoms with van der Waals surface area (Å²) in [7, 11) is 0. The summed E-state index contributed by atoms with van der Waals surface area (Å²) >= 11 is 0. The Morgan fingerprint density at radius 3 is 2.67 bits per heavy atom. The van der Waals surface area contributed by atoms with E-state index in [1.54, 1.807) is 0 Å². The molecule has 6 nitrogen and oxygen atoms in total. The Labute approximate surface area is 162 Å². The van der Waals surface area contributed by atoms with Gasteiger partial charge in [-0.15, -0.1) is 0 Å². The zero-order chi connectivity index (χ0) is 19.8. The molecule has 3 aliphatic rings. The highest BCUT2D eigenvalue weighted by Crippen LogP contribution is 2.45. The number of rotatable bonds is 4. The van der Waals surface area contributed by atoms with Crippen LogP contribution in [-0.2, 0) is 23.7 Å². The van der Waals surface area contributed by atoms with Crippen LogP contribution >= 0.6 is 0 Å². The first-order valence-electron chi connectivity index (χ1n) is 10.1. The second-order valence-corrected chi connectivity index (χ2v) is 9.18. The Kier molecular flexibility index (Phi) is 6.02. The second-order valence-electron chi connectivity index (χ2n) is 9.18. The number of esters is 1. The zero-order valence-corrected chi connectivity index (χ0v) is 17.0. The minimum absolute atomic E-state index is 0.0496. The normalized spacial score (nSPS) is 41.0. The predicted molar refractivity (Wildman–Crippen MR) is 100 cm³/mol. The Hall–Kier alpha value is -0.950. The number of aliphatic hydroxyl groups is 1. The van der Waals surface area contributed by atoms with Gasteiger partial charge in [-0.1, -0.05) is 6.58 Å². The fraction of sp³-hybridized carbons (Fsp3) is 0.857. The predicted octanol–water partition coefficient (Wildman–Crippen LogP) is 2.91. The number of ether oxygens (including phenoxy) is 4. The number of carbonyl (C=O) groups is 1. The van der Waals surface area contributed by atoms with Gasteiger partial charge in [0.15, 0.2) is 0 Å². The van der Waals surface area contributed by atoms with E-state index in [0.29, 0.717) is 19.3 Å². The molecule has 6 atom stereocenters. The molecule has 0 bridgehead atoms. The standard InChI is InChI=1S/C21H34O6/c1-13(12-24-14(2)22)9-15-10-16(23)19-17(25-15)11-18-21(5,27-19)8-6-7-20(3,4)26-18/h15-19,23H,1,6-12H2,2-5H3/t15-,16+,17-,18+,19+,21-/m1/s1. The molecule has 1 N–H and O–H groups in total. The van der Waals surface area contributed by atoms with E-state index >= 15 is 0 Å². The van der Waals surface area contributed by atoms with Crippen LogP contribution in [0, 0.1) is 0 Å². The molecule has 0 amide bonds.